The molecular formula is C25H33N7O2. The Morgan fingerprint density at radius 1 is 1.12 bits per heavy atom. The fourth-order valence-electron chi connectivity index (χ4n) is 4.00. The van der Waals surface area contributed by atoms with Crippen molar-refractivity contribution < 1.29 is 9.57 Å². The highest BCUT2D eigenvalue weighted by atomic mass is 16.7. The zero-order valence-corrected chi connectivity index (χ0v) is 20.2. The van der Waals surface area contributed by atoms with E-state index in [0.29, 0.717) is 29.7 Å². The van der Waals surface area contributed by atoms with Crippen LogP contribution in [0.15, 0.2) is 54.9 Å². The number of nitrogens with two attached hydrogens (primary N) is 1. The smallest absolute Gasteiger partial charge is 0.158 e. The lowest BCUT2D eigenvalue weighted by atomic mass is 10.0. The van der Waals surface area contributed by atoms with Crippen LogP contribution >= 0.6 is 0 Å². The number of likely N-dealkylation sites (N-methyl/N-ethyl adjacent to an activating group) is 2. The number of hydroxylamine groups is 1. The molecular weight excluding hydrogens is 430 g/mol. The van der Waals surface area contributed by atoms with Crippen LogP contribution in [-0.2, 0) is 4.84 Å². The molecule has 3 aromatic rings. The van der Waals surface area contributed by atoms with Crippen LogP contribution < -0.4 is 25.8 Å². The van der Waals surface area contributed by atoms with Crippen molar-refractivity contribution >= 4 is 28.7 Å². The number of rotatable bonds is 9. The van der Waals surface area contributed by atoms with Gasteiger partial charge in [-0.15, -0.1) is 0 Å². The highest BCUT2D eigenvalue weighted by Crippen LogP contribution is 2.38. The van der Waals surface area contributed by atoms with Crippen LogP contribution in [0.3, 0.4) is 0 Å². The molecule has 0 saturated carbocycles. The maximum absolute atomic E-state index is 6.41. The minimum absolute atomic E-state index is 0.103. The lowest BCUT2D eigenvalue weighted by Gasteiger charge is -2.25. The summed E-state index contributed by atoms with van der Waals surface area (Å²) in [7, 11) is 7.78. The summed E-state index contributed by atoms with van der Waals surface area (Å²) in [6.07, 6.45) is 2.42. The summed E-state index contributed by atoms with van der Waals surface area (Å²) in [5.74, 6) is 2.00. The lowest BCUT2D eigenvalue weighted by molar-refractivity contribution is 0.157. The van der Waals surface area contributed by atoms with Crippen molar-refractivity contribution in [3.8, 4) is 5.75 Å². The van der Waals surface area contributed by atoms with Gasteiger partial charge in [0.1, 0.15) is 17.9 Å². The topological polar surface area (TPSA) is 92.0 Å². The Bertz CT molecular complexity index is 1090. The first-order valence-corrected chi connectivity index (χ1v) is 11.4. The van der Waals surface area contributed by atoms with Gasteiger partial charge in [-0.05, 0) is 25.7 Å². The van der Waals surface area contributed by atoms with E-state index >= 15 is 0 Å². The van der Waals surface area contributed by atoms with Gasteiger partial charge >= 0.3 is 0 Å². The Balaban J connectivity index is 1.55. The summed E-state index contributed by atoms with van der Waals surface area (Å²) in [4.78, 5) is 19.0. The first-order chi connectivity index (χ1) is 16.5. The first-order valence-electron chi connectivity index (χ1n) is 11.4. The quantitative estimate of drug-likeness (QED) is 0.461. The SMILES string of the molecule is COc1cc(N(C)CCN(C)C)c(N)cc1Nc1cc(N2OCCC2c2ccccc2)ncn1. The second-order valence-electron chi connectivity index (χ2n) is 8.60. The van der Waals surface area contributed by atoms with Crippen molar-refractivity contribution in [3.63, 3.8) is 0 Å². The van der Waals surface area contributed by atoms with Gasteiger partial charge in [0.05, 0.1) is 36.8 Å². The Hall–Kier alpha value is -3.56. The van der Waals surface area contributed by atoms with Gasteiger partial charge in [0.15, 0.2) is 5.82 Å². The van der Waals surface area contributed by atoms with Crippen LogP contribution in [0.2, 0.25) is 0 Å². The molecule has 1 saturated heterocycles. The predicted molar refractivity (Wildman–Crippen MR) is 137 cm³/mol. The number of nitrogen functional groups attached to an aromatic ring is 1. The molecule has 1 aromatic heterocycles. The number of nitrogens with one attached hydrogen (secondary N) is 1. The van der Waals surface area contributed by atoms with Gasteiger partial charge < -0.3 is 25.6 Å². The third-order valence-corrected chi connectivity index (χ3v) is 5.87. The number of aromatic nitrogens is 2. The number of methoxy groups -OCH3 is 1. The molecule has 1 aliphatic heterocycles. The van der Waals surface area contributed by atoms with E-state index in [1.54, 1.807) is 7.11 Å². The molecule has 0 spiro atoms. The summed E-state index contributed by atoms with van der Waals surface area (Å²) in [5.41, 5.74) is 9.91. The molecule has 0 radical (unpaired) electrons. The van der Waals surface area contributed by atoms with Crippen LogP contribution in [0, 0.1) is 0 Å². The predicted octanol–water partition coefficient (Wildman–Crippen LogP) is 3.69. The van der Waals surface area contributed by atoms with E-state index in [0.717, 1.165) is 30.9 Å². The molecule has 9 nitrogen and oxygen atoms in total. The fraction of sp³-hybridized carbons (Fsp3) is 0.360. The van der Waals surface area contributed by atoms with Crippen LogP contribution in [0.25, 0.3) is 0 Å². The van der Waals surface area contributed by atoms with Crippen LogP contribution in [0.1, 0.15) is 18.0 Å². The van der Waals surface area contributed by atoms with E-state index in [9.17, 15) is 0 Å². The van der Waals surface area contributed by atoms with E-state index in [1.165, 1.54) is 11.9 Å². The Morgan fingerprint density at radius 3 is 2.65 bits per heavy atom. The molecule has 1 fully saturated rings. The number of hydrogen-bond donors (Lipinski definition) is 2. The largest absolute Gasteiger partial charge is 0.494 e. The highest BCUT2D eigenvalue weighted by molar-refractivity contribution is 5.79. The summed E-state index contributed by atoms with van der Waals surface area (Å²) >= 11 is 0. The average Bonchev–Trinajstić information content (AvgIpc) is 3.33. The van der Waals surface area contributed by atoms with Gasteiger partial charge in [0.25, 0.3) is 0 Å². The molecule has 3 N–H and O–H groups in total. The minimum atomic E-state index is 0.103. The van der Waals surface area contributed by atoms with E-state index in [-0.39, 0.29) is 6.04 Å². The minimum Gasteiger partial charge on any atom is -0.494 e. The normalized spacial score (nSPS) is 15.6. The second kappa shape index (κ2) is 10.6. The maximum Gasteiger partial charge on any atom is 0.158 e. The Morgan fingerprint density at radius 2 is 1.91 bits per heavy atom. The molecule has 9 heteroatoms. The van der Waals surface area contributed by atoms with Gasteiger partial charge in [-0.1, -0.05) is 30.3 Å². The Labute approximate surface area is 201 Å². The molecule has 1 unspecified atom stereocenters. The fourth-order valence-corrected chi connectivity index (χ4v) is 4.00. The number of anilines is 5. The van der Waals surface area contributed by atoms with Crippen molar-refractivity contribution in [1.82, 2.24) is 14.9 Å². The van der Waals surface area contributed by atoms with Gasteiger partial charge in [-0.3, -0.25) is 4.84 Å². The monoisotopic (exact) mass is 463 g/mol. The third kappa shape index (κ3) is 5.32. The van der Waals surface area contributed by atoms with E-state index < -0.39 is 0 Å². The van der Waals surface area contributed by atoms with E-state index in [1.807, 2.05) is 48.5 Å². The second-order valence-corrected chi connectivity index (χ2v) is 8.60. The average molecular weight is 464 g/mol. The van der Waals surface area contributed by atoms with Crippen molar-refractivity contribution in [2.45, 2.75) is 12.5 Å². The van der Waals surface area contributed by atoms with Crippen LogP contribution in [0.4, 0.5) is 28.7 Å². The molecule has 180 valence electrons. The molecule has 34 heavy (non-hydrogen) atoms. The maximum atomic E-state index is 6.41. The summed E-state index contributed by atoms with van der Waals surface area (Å²) < 4.78 is 5.66. The summed E-state index contributed by atoms with van der Waals surface area (Å²) in [5, 5.41) is 5.19. The number of hydrogen-bond acceptors (Lipinski definition) is 9. The highest BCUT2D eigenvalue weighted by Gasteiger charge is 2.29. The molecule has 0 bridgehead atoms. The van der Waals surface area contributed by atoms with Crippen molar-refractivity contribution in [2.24, 2.45) is 0 Å². The molecule has 0 amide bonds. The molecule has 4 rings (SSSR count). The molecule has 1 aliphatic rings. The van der Waals surface area contributed by atoms with E-state index in [2.05, 4.69) is 51.3 Å². The molecule has 0 aliphatic carbocycles. The zero-order chi connectivity index (χ0) is 24.1. The van der Waals surface area contributed by atoms with Gasteiger partial charge in [-0.25, -0.2) is 15.0 Å². The van der Waals surface area contributed by atoms with Crippen LogP contribution in [-0.4, -0.2) is 62.8 Å². The van der Waals surface area contributed by atoms with Crippen molar-refractivity contribution in [1.29, 1.82) is 0 Å². The van der Waals surface area contributed by atoms with Crippen molar-refractivity contribution in [2.75, 3.05) is 69.0 Å². The lowest BCUT2D eigenvalue weighted by Crippen LogP contribution is -2.29. The first kappa shape index (κ1) is 23.6. The number of ether oxygens (including phenoxy) is 1. The number of nitrogens with zero attached hydrogens (tertiary/aromatic N) is 5. The molecule has 1 atom stereocenters. The summed E-state index contributed by atoms with van der Waals surface area (Å²) in [6, 6.07) is 16.1. The third-order valence-electron chi connectivity index (χ3n) is 5.87. The number of benzene rings is 2. The van der Waals surface area contributed by atoms with Crippen LogP contribution in [0.5, 0.6) is 5.75 Å². The van der Waals surface area contributed by atoms with Gasteiger partial charge in [0, 0.05) is 38.7 Å². The Kier molecular flexibility index (Phi) is 7.34. The summed E-state index contributed by atoms with van der Waals surface area (Å²) in [6.45, 7) is 2.41. The zero-order valence-electron chi connectivity index (χ0n) is 20.2. The van der Waals surface area contributed by atoms with Gasteiger partial charge in [0.2, 0.25) is 0 Å². The molecule has 2 heterocycles. The molecule has 2 aromatic carbocycles. The van der Waals surface area contributed by atoms with Crippen molar-refractivity contribution in [3.05, 3.63) is 60.4 Å². The van der Waals surface area contributed by atoms with E-state index in [4.69, 9.17) is 15.3 Å². The van der Waals surface area contributed by atoms with Gasteiger partial charge in [-0.2, -0.15) is 0 Å². The standard InChI is InChI=1S/C25H33N7O2/c1-30(2)11-12-31(3)22-15-23(33-4)20(14-19(22)26)29-24-16-25(28-17-27-24)32-21(10-13-34-32)18-8-6-5-7-9-18/h5-9,14-17,21H,10-13,26H2,1-4H3,(H,27,28,29).